The van der Waals surface area contributed by atoms with Gasteiger partial charge in [-0.05, 0) is 31.6 Å². The van der Waals surface area contributed by atoms with Crippen LogP contribution in [0.4, 0.5) is 0 Å². The van der Waals surface area contributed by atoms with Gasteiger partial charge in [0, 0.05) is 18.9 Å². The number of hydrogen-bond acceptors (Lipinski definition) is 4. The Labute approximate surface area is 107 Å². The van der Waals surface area contributed by atoms with Gasteiger partial charge in [0.05, 0.1) is 5.75 Å². The van der Waals surface area contributed by atoms with Crippen LogP contribution in [0.15, 0.2) is 22.6 Å². The Morgan fingerprint density at radius 3 is 2.72 bits per heavy atom. The lowest BCUT2D eigenvalue weighted by molar-refractivity contribution is -0.116. The van der Waals surface area contributed by atoms with E-state index in [4.69, 9.17) is 4.42 Å². The molecule has 100 valence electrons. The third-order valence-electron chi connectivity index (χ3n) is 2.15. The molecular weight excluding hydrogens is 254 g/mol. The molecule has 0 bridgehead atoms. The zero-order valence-corrected chi connectivity index (χ0v) is 11.3. The summed E-state index contributed by atoms with van der Waals surface area (Å²) in [4.78, 5) is 11.4. The van der Waals surface area contributed by atoms with E-state index in [0.29, 0.717) is 18.7 Å². The van der Waals surface area contributed by atoms with Crippen LogP contribution < -0.4 is 5.32 Å². The lowest BCUT2D eigenvalue weighted by Crippen LogP contribution is -2.23. The summed E-state index contributed by atoms with van der Waals surface area (Å²) < 4.78 is 27.0. The number of amides is 1. The number of rotatable bonds is 6. The van der Waals surface area contributed by atoms with Gasteiger partial charge in [-0.3, -0.25) is 4.79 Å². The smallest absolute Gasteiger partial charge is 0.244 e. The fourth-order valence-corrected chi connectivity index (χ4v) is 1.97. The minimum Gasteiger partial charge on any atom is -0.462 e. The van der Waals surface area contributed by atoms with Gasteiger partial charge >= 0.3 is 0 Å². The first-order valence-corrected chi connectivity index (χ1v) is 7.63. The Balaban J connectivity index is 2.28. The molecule has 5 nitrogen and oxygen atoms in total. The zero-order chi connectivity index (χ0) is 13.6. The first kappa shape index (κ1) is 14.5. The number of sulfone groups is 1. The predicted molar refractivity (Wildman–Crippen MR) is 69.8 cm³/mol. The molecule has 0 aliphatic heterocycles. The second-order valence-corrected chi connectivity index (χ2v) is 6.32. The van der Waals surface area contributed by atoms with Crippen LogP contribution in [0.3, 0.4) is 0 Å². The van der Waals surface area contributed by atoms with E-state index in [1.807, 2.05) is 13.0 Å². The van der Waals surface area contributed by atoms with E-state index < -0.39 is 9.84 Å². The number of carbonyl (C=O) groups excluding carboxylic acids is 1. The maximum absolute atomic E-state index is 11.4. The molecule has 18 heavy (non-hydrogen) atoms. The highest BCUT2D eigenvalue weighted by Gasteiger charge is 2.02. The Morgan fingerprint density at radius 1 is 1.44 bits per heavy atom. The molecule has 6 heteroatoms. The summed E-state index contributed by atoms with van der Waals surface area (Å²) in [5.41, 5.74) is 0. The van der Waals surface area contributed by atoms with Crippen molar-refractivity contribution in [1.29, 1.82) is 0 Å². The number of furan rings is 1. The molecule has 0 spiro atoms. The van der Waals surface area contributed by atoms with E-state index in [-0.39, 0.29) is 11.7 Å². The number of carbonyl (C=O) groups is 1. The van der Waals surface area contributed by atoms with Crippen LogP contribution in [0.25, 0.3) is 6.08 Å². The van der Waals surface area contributed by atoms with Crippen molar-refractivity contribution in [2.24, 2.45) is 0 Å². The van der Waals surface area contributed by atoms with Gasteiger partial charge in [-0.15, -0.1) is 0 Å². The van der Waals surface area contributed by atoms with Crippen molar-refractivity contribution < 1.29 is 17.6 Å². The van der Waals surface area contributed by atoms with E-state index in [9.17, 15) is 13.2 Å². The Bertz CT molecular complexity index is 528. The molecular formula is C12H17NO4S. The second kappa shape index (κ2) is 6.39. The molecule has 0 aromatic carbocycles. The minimum atomic E-state index is -2.96. The summed E-state index contributed by atoms with van der Waals surface area (Å²) in [6, 6.07) is 3.58. The van der Waals surface area contributed by atoms with Crippen LogP contribution in [0, 0.1) is 6.92 Å². The standard InChI is InChI=1S/C12H17NO4S/c1-10-4-5-11(17-10)6-7-12(14)13-8-3-9-18(2,15)16/h4-7H,3,8-9H2,1-2H3,(H,13,14). The monoisotopic (exact) mass is 271 g/mol. The topological polar surface area (TPSA) is 76.4 Å². The van der Waals surface area contributed by atoms with E-state index in [0.717, 1.165) is 5.76 Å². The molecule has 0 saturated carbocycles. The van der Waals surface area contributed by atoms with E-state index >= 15 is 0 Å². The minimum absolute atomic E-state index is 0.0778. The molecule has 0 aliphatic carbocycles. The van der Waals surface area contributed by atoms with Crippen molar-refractivity contribution in [3.63, 3.8) is 0 Å². The average molecular weight is 271 g/mol. The van der Waals surface area contributed by atoms with Crippen LogP contribution >= 0.6 is 0 Å². The molecule has 0 radical (unpaired) electrons. The van der Waals surface area contributed by atoms with Gasteiger partial charge in [-0.1, -0.05) is 0 Å². The molecule has 1 N–H and O–H groups in total. The van der Waals surface area contributed by atoms with E-state index in [1.165, 1.54) is 12.3 Å². The number of aryl methyl sites for hydroxylation is 1. The molecule has 0 unspecified atom stereocenters. The van der Waals surface area contributed by atoms with Gasteiger partial charge in [0.2, 0.25) is 5.91 Å². The van der Waals surface area contributed by atoms with Crippen LogP contribution in [0.5, 0.6) is 0 Å². The van der Waals surface area contributed by atoms with Gasteiger partial charge in [0.15, 0.2) is 0 Å². The van der Waals surface area contributed by atoms with Crippen molar-refractivity contribution in [1.82, 2.24) is 5.32 Å². The lowest BCUT2D eigenvalue weighted by atomic mass is 10.3. The van der Waals surface area contributed by atoms with Crippen molar-refractivity contribution in [3.8, 4) is 0 Å². The van der Waals surface area contributed by atoms with Crippen molar-refractivity contribution >= 4 is 21.8 Å². The van der Waals surface area contributed by atoms with E-state index in [1.54, 1.807) is 12.1 Å². The van der Waals surface area contributed by atoms with Gasteiger partial charge in [0.1, 0.15) is 21.4 Å². The molecule has 1 amide bonds. The molecule has 1 aromatic heterocycles. The molecule has 0 fully saturated rings. The fourth-order valence-electron chi connectivity index (χ4n) is 1.31. The van der Waals surface area contributed by atoms with Gasteiger partial charge in [0.25, 0.3) is 0 Å². The maximum atomic E-state index is 11.4. The van der Waals surface area contributed by atoms with Crippen LogP contribution in [0.1, 0.15) is 17.9 Å². The maximum Gasteiger partial charge on any atom is 0.244 e. The average Bonchev–Trinajstić information content (AvgIpc) is 2.66. The molecule has 0 aliphatic rings. The summed E-state index contributed by atoms with van der Waals surface area (Å²) in [6.07, 6.45) is 4.52. The van der Waals surface area contributed by atoms with Crippen molar-refractivity contribution in [3.05, 3.63) is 29.7 Å². The molecule has 1 rings (SSSR count). The third kappa shape index (κ3) is 6.24. The largest absolute Gasteiger partial charge is 0.462 e. The summed E-state index contributed by atoms with van der Waals surface area (Å²) in [5, 5.41) is 2.60. The normalized spacial score (nSPS) is 11.9. The number of hydrogen-bond donors (Lipinski definition) is 1. The summed E-state index contributed by atoms with van der Waals surface area (Å²) in [5.74, 6) is 1.20. The summed E-state index contributed by atoms with van der Waals surface area (Å²) in [7, 11) is -2.96. The van der Waals surface area contributed by atoms with Crippen LogP contribution in [-0.4, -0.2) is 32.9 Å². The summed E-state index contributed by atoms with van der Waals surface area (Å²) >= 11 is 0. The van der Waals surface area contributed by atoms with E-state index in [2.05, 4.69) is 5.32 Å². The Kier molecular flexibility index (Phi) is 5.15. The first-order chi connectivity index (χ1) is 8.37. The lowest BCUT2D eigenvalue weighted by Gasteiger charge is -2.00. The van der Waals surface area contributed by atoms with Crippen LogP contribution in [-0.2, 0) is 14.6 Å². The second-order valence-electron chi connectivity index (χ2n) is 4.06. The Morgan fingerprint density at radius 2 is 2.17 bits per heavy atom. The highest BCUT2D eigenvalue weighted by Crippen LogP contribution is 2.07. The quantitative estimate of drug-likeness (QED) is 0.622. The third-order valence-corrected chi connectivity index (χ3v) is 3.18. The molecule has 1 heterocycles. The fraction of sp³-hybridized carbons (Fsp3) is 0.417. The molecule has 1 aromatic rings. The van der Waals surface area contributed by atoms with Crippen LogP contribution in [0.2, 0.25) is 0 Å². The van der Waals surface area contributed by atoms with Gasteiger partial charge in [-0.2, -0.15) is 0 Å². The summed E-state index contributed by atoms with van der Waals surface area (Å²) in [6.45, 7) is 2.16. The number of nitrogens with one attached hydrogen (secondary N) is 1. The molecule has 0 saturated heterocycles. The predicted octanol–water partition coefficient (Wildman–Crippen LogP) is 1.15. The van der Waals surface area contributed by atoms with Crippen molar-refractivity contribution in [2.75, 3.05) is 18.6 Å². The van der Waals surface area contributed by atoms with Crippen molar-refractivity contribution in [2.45, 2.75) is 13.3 Å². The van der Waals surface area contributed by atoms with Gasteiger partial charge < -0.3 is 9.73 Å². The Hall–Kier alpha value is -1.56. The highest BCUT2D eigenvalue weighted by molar-refractivity contribution is 7.90. The SMILES string of the molecule is Cc1ccc(C=CC(=O)NCCCS(C)(=O)=O)o1. The highest BCUT2D eigenvalue weighted by atomic mass is 32.2. The first-order valence-electron chi connectivity index (χ1n) is 5.57. The molecule has 0 atom stereocenters. The zero-order valence-electron chi connectivity index (χ0n) is 10.5. The van der Waals surface area contributed by atoms with Gasteiger partial charge in [-0.25, -0.2) is 8.42 Å².